The number of aliphatic hydroxyl groups excluding tert-OH is 1. The maximum absolute atomic E-state index is 12.1. The van der Waals surface area contributed by atoms with Crippen molar-refractivity contribution in [2.24, 2.45) is 0 Å². The van der Waals surface area contributed by atoms with Gasteiger partial charge in [0.25, 0.3) is 8.32 Å². The summed E-state index contributed by atoms with van der Waals surface area (Å²) in [6.45, 7) is 8.21. The predicted octanol–water partition coefficient (Wildman–Crippen LogP) is 5.39. The molecule has 4 aromatic carbocycles. The minimum atomic E-state index is -3.19. The molecular formula is C39H46O8Si. The first-order valence-corrected chi connectivity index (χ1v) is 18.2. The van der Waals surface area contributed by atoms with Gasteiger partial charge in [-0.3, -0.25) is 4.79 Å². The third-order valence-corrected chi connectivity index (χ3v) is 13.7. The lowest BCUT2D eigenvalue weighted by Crippen LogP contribution is -2.72. The number of hydrogen-bond acceptors (Lipinski definition) is 8. The van der Waals surface area contributed by atoms with Crippen LogP contribution in [0.3, 0.4) is 0 Å². The van der Waals surface area contributed by atoms with Crippen molar-refractivity contribution < 1.29 is 38.0 Å². The van der Waals surface area contributed by atoms with E-state index in [0.29, 0.717) is 0 Å². The molecule has 4 aromatic rings. The Morgan fingerprint density at radius 2 is 1.23 bits per heavy atom. The van der Waals surface area contributed by atoms with Gasteiger partial charge in [0.15, 0.2) is 6.29 Å². The van der Waals surface area contributed by atoms with Crippen molar-refractivity contribution in [1.29, 1.82) is 0 Å². The van der Waals surface area contributed by atoms with Gasteiger partial charge in [0, 0.05) is 6.92 Å². The second-order valence-corrected chi connectivity index (χ2v) is 17.3. The number of carbonyl (C=O) groups excluding carboxylic acids is 1. The molecule has 0 bridgehead atoms. The third-order valence-electron chi connectivity index (χ3n) is 8.68. The molecule has 9 heteroatoms. The molecule has 0 radical (unpaired) electrons. The van der Waals surface area contributed by atoms with Crippen LogP contribution >= 0.6 is 0 Å². The van der Waals surface area contributed by atoms with Crippen molar-refractivity contribution in [3.8, 4) is 5.75 Å². The predicted molar refractivity (Wildman–Crippen MR) is 187 cm³/mol. The van der Waals surface area contributed by atoms with Crippen molar-refractivity contribution >= 4 is 24.7 Å². The minimum Gasteiger partial charge on any atom is -0.497 e. The molecule has 0 unspecified atom stereocenters. The van der Waals surface area contributed by atoms with E-state index in [1.165, 1.54) is 6.92 Å². The summed E-state index contributed by atoms with van der Waals surface area (Å²) in [5.74, 6) is 0.271. The zero-order valence-corrected chi connectivity index (χ0v) is 29.3. The van der Waals surface area contributed by atoms with Crippen LogP contribution in [0.2, 0.25) is 5.04 Å². The van der Waals surface area contributed by atoms with E-state index >= 15 is 0 Å². The average Bonchev–Trinajstić information content (AvgIpc) is 3.09. The highest BCUT2D eigenvalue weighted by molar-refractivity contribution is 6.99. The van der Waals surface area contributed by atoms with E-state index in [2.05, 4.69) is 45.0 Å². The van der Waals surface area contributed by atoms with E-state index in [1.54, 1.807) is 7.11 Å². The summed E-state index contributed by atoms with van der Waals surface area (Å²) in [5.41, 5.74) is 1.84. The number of ether oxygens (including phenoxy) is 5. The standard InChI is InChI=1S/C39H46O8Si/c1-28(40)43-27-34-35(47-48(39(2,3)4,32-17-11-7-12-18-32)33-19-13-8-14-20-33)36(44-25-29-15-9-6-10-16-29)37(38(41)46-34)45-26-30-21-23-31(42-5)24-22-30/h6-24,34-38,41H,25-27H2,1-5H3/t34-,35-,36+,37-,38-/m0/s1. The molecule has 1 aliphatic heterocycles. The zero-order chi connectivity index (χ0) is 34.1. The molecule has 1 heterocycles. The van der Waals surface area contributed by atoms with Crippen molar-refractivity contribution in [3.63, 3.8) is 0 Å². The fourth-order valence-electron chi connectivity index (χ4n) is 6.31. The zero-order valence-electron chi connectivity index (χ0n) is 28.3. The first-order valence-electron chi connectivity index (χ1n) is 16.3. The van der Waals surface area contributed by atoms with Gasteiger partial charge in [-0.05, 0) is 38.7 Å². The van der Waals surface area contributed by atoms with Gasteiger partial charge < -0.3 is 33.2 Å². The molecule has 48 heavy (non-hydrogen) atoms. The summed E-state index contributed by atoms with van der Waals surface area (Å²) in [7, 11) is -1.57. The van der Waals surface area contributed by atoms with Crippen LogP contribution in [0.5, 0.6) is 5.75 Å². The van der Waals surface area contributed by atoms with Crippen LogP contribution in [0.15, 0.2) is 115 Å². The summed E-state index contributed by atoms with van der Waals surface area (Å²) in [5, 5.41) is 13.3. The summed E-state index contributed by atoms with van der Waals surface area (Å²) in [6.07, 6.45) is -4.79. The van der Waals surface area contributed by atoms with Crippen LogP contribution in [0, 0.1) is 0 Å². The van der Waals surface area contributed by atoms with E-state index in [1.807, 2.05) is 91.0 Å². The van der Waals surface area contributed by atoms with Crippen LogP contribution in [-0.4, -0.2) is 63.8 Å². The largest absolute Gasteiger partial charge is 0.497 e. The molecule has 0 aromatic heterocycles. The molecule has 1 N–H and O–H groups in total. The highest BCUT2D eigenvalue weighted by Gasteiger charge is 2.57. The lowest BCUT2D eigenvalue weighted by atomic mass is 9.98. The van der Waals surface area contributed by atoms with Gasteiger partial charge >= 0.3 is 5.97 Å². The van der Waals surface area contributed by atoms with Crippen LogP contribution in [0.4, 0.5) is 0 Å². The minimum absolute atomic E-state index is 0.133. The Bertz CT molecular complexity index is 1520. The number of methoxy groups -OCH3 is 1. The second kappa shape index (κ2) is 16.0. The van der Waals surface area contributed by atoms with E-state index in [-0.39, 0.29) is 24.9 Å². The molecular weight excluding hydrogens is 625 g/mol. The van der Waals surface area contributed by atoms with Crippen LogP contribution in [-0.2, 0) is 41.4 Å². The first-order chi connectivity index (χ1) is 23.1. The molecule has 5 atom stereocenters. The molecule has 5 rings (SSSR count). The van der Waals surface area contributed by atoms with E-state index in [0.717, 1.165) is 27.2 Å². The highest BCUT2D eigenvalue weighted by Crippen LogP contribution is 2.40. The van der Waals surface area contributed by atoms with E-state index < -0.39 is 45.0 Å². The number of rotatable bonds is 13. The first kappa shape index (κ1) is 35.5. The quantitative estimate of drug-likeness (QED) is 0.150. The van der Waals surface area contributed by atoms with Crippen LogP contribution in [0.1, 0.15) is 38.8 Å². The second-order valence-electron chi connectivity index (χ2n) is 13.0. The van der Waals surface area contributed by atoms with Gasteiger partial charge in [0.2, 0.25) is 0 Å². The van der Waals surface area contributed by atoms with Crippen molar-refractivity contribution in [3.05, 3.63) is 126 Å². The maximum atomic E-state index is 12.1. The molecule has 0 spiro atoms. The summed E-state index contributed by atoms with van der Waals surface area (Å²) >= 11 is 0. The molecule has 1 aliphatic rings. The Labute approximate surface area is 284 Å². The molecule has 254 valence electrons. The Hall–Kier alpha value is -3.83. The number of hydrogen-bond donors (Lipinski definition) is 1. The fraction of sp³-hybridized carbons (Fsp3) is 0.359. The molecule has 1 saturated heterocycles. The average molecular weight is 671 g/mol. The normalized spacial score (nSPS) is 21.4. The Morgan fingerprint density at radius 3 is 1.73 bits per heavy atom. The van der Waals surface area contributed by atoms with Gasteiger partial charge in [-0.15, -0.1) is 0 Å². The summed E-state index contributed by atoms with van der Waals surface area (Å²) in [6, 6.07) is 37.9. The Morgan fingerprint density at radius 1 is 0.729 bits per heavy atom. The van der Waals surface area contributed by atoms with Gasteiger partial charge in [0.05, 0.1) is 20.3 Å². The SMILES string of the molecule is COc1ccc(CO[C@H]2[C@H](OCc3ccccc3)[C@@H](O[Si](c3ccccc3)(c3ccccc3)C(C)(C)C)[C@H](COC(C)=O)O[C@@H]2O)cc1. The van der Waals surface area contributed by atoms with Gasteiger partial charge in [0.1, 0.15) is 36.8 Å². The molecule has 8 nitrogen and oxygen atoms in total. The van der Waals surface area contributed by atoms with Gasteiger partial charge in [-0.2, -0.15) is 0 Å². The monoisotopic (exact) mass is 670 g/mol. The van der Waals surface area contributed by atoms with Gasteiger partial charge in [-0.25, -0.2) is 0 Å². The molecule has 0 amide bonds. The number of esters is 1. The highest BCUT2D eigenvalue weighted by atomic mass is 28.4. The van der Waals surface area contributed by atoms with E-state index in [9.17, 15) is 9.90 Å². The topological polar surface area (TPSA) is 92.7 Å². The number of carbonyl (C=O) groups is 1. The van der Waals surface area contributed by atoms with Crippen molar-refractivity contribution in [1.82, 2.24) is 0 Å². The molecule has 0 saturated carbocycles. The van der Waals surface area contributed by atoms with Crippen LogP contribution < -0.4 is 15.1 Å². The summed E-state index contributed by atoms with van der Waals surface area (Å²) in [4.78, 5) is 12.1. The summed E-state index contributed by atoms with van der Waals surface area (Å²) < 4.78 is 37.9. The van der Waals surface area contributed by atoms with Crippen molar-refractivity contribution in [2.75, 3.05) is 13.7 Å². The Balaban J connectivity index is 1.61. The third kappa shape index (κ3) is 8.23. The van der Waals surface area contributed by atoms with Crippen molar-refractivity contribution in [2.45, 2.75) is 76.7 Å². The lowest BCUT2D eigenvalue weighted by Gasteiger charge is -2.51. The maximum Gasteiger partial charge on any atom is 0.302 e. The number of benzene rings is 4. The molecule has 0 aliphatic carbocycles. The van der Waals surface area contributed by atoms with Crippen LogP contribution in [0.25, 0.3) is 0 Å². The van der Waals surface area contributed by atoms with E-state index in [4.69, 9.17) is 28.1 Å². The fourth-order valence-corrected chi connectivity index (χ4v) is 11.0. The lowest BCUT2D eigenvalue weighted by molar-refractivity contribution is -0.305. The molecule has 1 fully saturated rings. The Kier molecular flexibility index (Phi) is 11.9. The number of aliphatic hydroxyl groups is 1. The smallest absolute Gasteiger partial charge is 0.302 e. The van der Waals surface area contributed by atoms with Gasteiger partial charge in [-0.1, -0.05) is 124 Å².